The van der Waals surface area contributed by atoms with Gasteiger partial charge >= 0.3 is 5.97 Å². The molecule has 3 amide bonds. The van der Waals surface area contributed by atoms with Crippen molar-refractivity contribution in [3.8, 4) is 0 Å². The minimum absolute atomic E-state index is 0.0636. The van der Waals surface area contributed by atoms with E-state index in [2.05, 4.69) is 26.1 Å². The highest BCUT2D eigenvalue weighted by molar-refractivity contribution is 5.99. The average molecular weight is 622 g/mol. The van der Waals surface area contributed by atoms with Crippen molar-refractivity contribution in [3.63, 3.8) is 0 Å². The molecule has 10 heteroatoms. The molecule has 0 unspecified atom stereocenters. The summed E-state index contributed by atoms with van der Waals surface area (Å²) in [6, 6.07) is 8.16. The quantitative estimate of drug-likeness (QED) is 0.369. The van der Waals surface area contributed by atoms with Crippen molar-refractivity contribution in [1.82, 2.24) is 15.1 Å². The van der Waals surface area contributed by atoms with Gasteiger partial charge < -0.3 is 29.7 Å². The maximum atomic E-state index is 14.7. The Kier molecular flexibility index (Phi) is 9.29. The van der Waals surface area contributed by atoms with Gasteiger partial charge in [-0.05, 0) is 44.1 Å². The normalized spacial score (nSPS) is 31.6. The Morgan fingerprint density at radius 3 is 2.44 bits per heavy atom. The molecule has 1 spiro atoms. The van der Waals surface area contributed by atoms with Crippen molar-refractivity contribution < 1.29 is 33.8 Å². The molecule has 5 rings (SSSR count). The average Bonchev–Trinajstić information content (AvgIpc) is 3.34. The molecule has 0 radical (unpaired) electrons. The summed E-state index contributed by atoms with van der Waals surface area (Å²) >= 11 is 0. The third kappa shape index (κ3) is 6.45. The number of amides is 3. The Balaban J connectivity index is 1.58. The van der Waals surface area contributed by atoms with E-state index in [0.717, 1.165) is 6.42 Å². The molecule has 244 valence electrons. The van der Waals surface area contributed by atoms with Crippen LogP contribution in [0.25, 0.3) is 0 Å². The highest BCUT2D eigenvalue weighted by atomic mass is 16.6. The van der Waals surface area contributed by atoms with Crippen LogP contribution in [0.4, 0.5) is 0 Å². The largest absolute Gasteiger partial charge is 0.455 e. The number of nitrogens with zero attached hydrogens (tertiary/aromatic N) is 2. The number of fused-ring (bicyclic) bond motifs is 2. The topological polar surface area (TPSA) is 125 Å². The summed E-state index contributed by atoms with van der Waals surface area (Å²) in [5, 5.41) is 12.6. The number of carbonyl (C=O) groups is 4. The van der Waals surface area contributed by atoms with E-state index in [1.54, 1.807) is 12.2 Å². The number of aliphatic hydroxyl groups is 1. The maximum absolute atomic E-state index is 14.7. The summed E-state index contributed by atoms with van der Waals surface area (Å²) in [6.45, 7) is 10.9. The molecule has 0 saturated carbocycles. The van der Waals surface area contributed by atoms with Crippen LogP contribution in [0.1, 0.15) is 72.0 Å². The highest BCUT2D eigenvalue weighted by Gasteiger charge is 2.72. The van der Waals surface area contributed by atoms with E-state index in [-0.39, 0.29) is 55.7 Å². The lowest BCUT2D eigenvalue weighted by Crippen LogP contribution is -2.60. The van der Waals surface area contributed by atoms with E-state index in [4.69, 9.17) is 9.47 Å². The number of ether oxygens (including phenoxy) is 2. The first-order chi connectivity index (χ1) is 21.3. The predicted molar refractivity (Wildman–Crippen MR) is 167 cm³/mol. The van der Waals surface area contributed by atoms with Gasteiger partial charge in [0.05, 0.1) is 18.6 Å². The van der Waals surface area contributed by atoms with Crippen LogP contribution < -0.4 is 5.32 Å². The zero-order chi connectivity index (χ0) is 32.6. The van der Waals surface area contributed by atoms with Gasteiger partial charge in [0.1, 0.15) is 23.7 Å². The van der Waals surface area contributed by atoms with E-state index in [0.29, 0.717) is 18.5 Å². The van der Waals surface area contributed by atoms with Crippen LogP contribution in [0.2, 0.25) is 0 Å². The number of carbonyl (C=O) groups excluding carboxylic acids is 4. The Morgan fingerprint density at radius 2 is 1.76 bits per heavy atom. The predicted octanol–water partition coefficient (Wildman–Crippen LogP) is 3.31. The minimum Gasteiger partial charge on any atom is -0.455 e. The second-order valence-electron chi connectivity index (χ2n) is 14.5. The molecule has 4 heterocycles. The van der Waals surface area contributed by atoms with Gasteiger partial charge in [0.2, 0.25) is 17.7 Å². The fraction of sp³-hybridized carbons (Fsp3) is 0.600. The van der Waals surface area contributed by atoms with Crippen LogP contribution in [0.15, 0.2) is 54.6 Å². The van der Waals surface area contributed by atoms with Crippen molar-refractivity contribution >= 4 is 23.7 Å². The highest BCUT2D eigenvalue weighted by Crippen LogP contribution is 2.54. The fourth-order valence-corrected chi connectivity index (χ4v) is 7.83. The summed E-state index contributed by atoms with van der Waals surface area (Å²) in [5.41, 5.74) is -1.30. The molecule has 4 aliphatic heterocycles. The van der Waals surface area contributed by atoms with E-state index in [9.17, 15) is 24.3 Å². The third-order valence-electron chi connectivity index (χ3n) is 9.29. The lowest BCUT2D eigenvalue weighted by Gasteiger charge is -2.44. The lowest BCUT2D eigenvalue weighted by atomic mass is 9.77. The Bertz CT molecular complexity index is 1350. The molecule has 1 aromatic rings. The van der Waals surface area contributed by atoms with Crippen molar-refractivity contribution in [2.24, 2.45) is 17.3 Å². The molecule has 4 aliphatic rings. The molecule has 6 atom stereocenters. The number of cyclic esters (lactones) is 1. The lowest BCUT2D eigenvalue weighted by molar-refractivity contribution is -0.160. The van der Waals surface area contributed by atoms with E-state index in [1.165, 1.54) is 4.90 Å². The third-order valence-corrected chi connectivity index (χ3v) is 9.29. The number of likely N-dealkylation sites (tertiary alicyclic amines) is 1. The molecule has 1 aromatic carbocycles. The Hall–Kier alpha value is -3.50. The monoisotopic (exact) mass is 621 g/mol. The number of hydrogen-bond acceptors (Lipinski definition) is 7. The summed E-state index contributed by atoms with van der Waals surface area (Å²) in [4.78, 5) is 59.2. The van der Waals surface area contributed by atoms with Gasteiger partial charge in [-0.1, -0.05) is 75.4 Å². The number of nitrogens with one attached hydrogen (secondary N) is 1. The van der Waals surface area contributed by atoms with Gasteiger partial charge in [-0.2, -0.15) is 0 Å². The summed E-state index contributed by atoms with van der Waals surface area (Å²) < 4.78 is 12.9. The molecule has 10 nitrogen and oxygen atoms in total. The SMILES string of the molecule is CC(C)(C)CC(C)(C)N1CC=C[C@@]23O[C@H]4/C=C\CCC(=O)NC[C@H](c5ccccc5)OC(=O)[C@H]4[C@@H]2C(=O)N(CCCO)[C@H]3C1=O. The number of benzene rings is 1. The summed E-state index contributed by atoms with van der Waals surface area (Å²) in [7, 11) is 0. The summed E-state index contributed by atoms with van der Waals surface area (Å²) in [6.07, 6.45) is 7.27. The van der Waals surface area contributed by atoms with Crippen molar-refractivity contribution in [2.45, 2.75) is 89.7 Å². The number of esters is 1. The number of allylic oxidation sites excluding steroid dienone is 1. The first-order valence-corrected chi connectivity index (χ1v) is 16.1. The van der Waals surface area contributed by atoms with Crippen LogP contribution in [-0.2, 0) is 28.7 Å². The molecule has 0 bridgehead atoms. The standard InChI is InChI=1S/C35H47N3O7/c1-33(2,3)22-34(4,5)38-19-11-17-35-28(30(41)37(18-12-20-39)29(35)31(38)42)27-24(45-35)15-9-10-16-26(40)36-21-25(44-32(27)43)23-13-7-6-8-14-23/h6-9,11,13-15,17,24-25,27-29,39H,10,12,16,18-22H2,1-5H3,(H,36,40)/b15-9-/t24-,25+,27+,28+,29-,35+/m0/s1. The molecule has 45 heavy (non-hydrogen) atoms. The molecule has 2 N–H and O–H groups in total. The van der Waals surface area contributed by atoms with Crippen LogP contribution in [0, 0.1) is 17.3 Å². The number of hydrogen-bond donors (Lipinski definition) is 2. The van der Waals surface area contributed by atoms with Crippen LogP contribution in [0.5, 0.6) is 0 Å². The second kappa shape index (κ2) is 12.7. The molecule has 0 aromatic heterocycles. The fourth-order valence-electron chi connectivity index (χ4n) is 7.83. The van der Waals surface area contributed by atoms with Crippen LogP contribution >= 0.6 is 0 Å². The van der Waals surface area contributed by atoms with Gasteiger partial charge in [-0.15, -0.1) is 0 Å². The maximum Gasteiger partial charge on any atom is 0.313 e. The summed E-state index contributed by atoms with van der Waals surface area (Å²) in [5.74, 6) is -3.43. The molecule has 2 saturated heterocycles. The van der Waals surface area contributed by atoms with Crippen LogP contribution in [-0.4, -0.2) is 88.1 Å². The second-order valence-corrected chi connectivity index (χ2v) is 14.5. The minimum atomic E-state index is -1.41. The Labute approximate surface area is 265 Å². The molecule has 2 fully saturated rings. The molecular formula is C35H47N3O7. The first kappa shape index (κ1) is 32.9. The molecular weight excluding hydrogens is 574 g/mol. The van der Waals surface area contributed by atoms with E-state index >= 15 is 0 Å². The zero-order valence-corrected chi connectivity index (χ0v) is 27.0. The van der Waals surface area contributed by atoms with E-state index < -0.39 is 47.2 Å². The number of aliphatic hydroxyl groups excluding tert-OH is 1. The van der Waals surface area contributed by atoms with Crippen molar-refractivity contribution in [1.29, 1.82) is 0 Å². The van der Waals surface area contributed by atoms with Crippen molar-refractivity contribution in [2.75, 3.05) is 26.2 Å². The first-order valence-electron chi connectivity index (χ1n) is 16.1. The zero-order valence-electron chi connectivity index (χ0n) is 27.0. The number of rotatable bonds is 6. The Morgan fingerprint density at radius 1 is 1.02 bits per heavy atom. The van der Waals surface area contributed by atoms with Crippen LogP contribution in [0.3, 0.4) is 0 Å². The van der Waals surface area contributed by atoms with Crippen molar-refractivity contribution in [3.05, 3.63) is 60.2 Å². The van der Waals surface area contributed by atoms with E-state index in [1.807, 2.05) is 61.2 Å². The van der Waals surface area contributed by atoms with Gasteiger partial charge in [0, 0.05) is 31.7 Å². The van der Waals surface area contributed by atoms with Gasteiger partial charge in [-0.25, -0.2) is 0 Å². The van der Waals surface area contributed by atoms with Gasteiger partial charge in [0.25, 0.3) is 0 Å². The van der Waals surface area contributed by atoms with Gasteiger partial charge in [0.15, 0.2) is 0 Å². The molecule has 0 aliphatic carbocycles. The smallest absolute Gasteiger partial charge is 0.313 e. The van der Waals surface area contributed by atoms with Gasteiger partial charge in [-0.3, -0.25) is 19.2 Å².